The lowest BCUT2D eigenvalue weighted by atomic mass is 9.91. The van der Waals surface area contributed by atoms with Gasteiger partial charge < -0.3 is 5.32 Å². The smallest absolute Gasteiger partial charge is 0.176 e. The molecule has 0 bridgehead atoms. The molecule has 6 heteroatoms. The van der Waals surface area contributed by atoms with Gasteiger partial charge in [-0.3, -0.25) is 0 Å². The molecule has 3 nitrogen and oxygen atoms in total. The largest absolute Gasteiger partial charge is 0.317 e. The molecule has 0 aliphatic carbocycles. The summed E-state index contributed by atoms with van der Waals surface area (Å²) in [5.41, 5.74) is 1.11. The minimum absolute atomic E-state index is 0.448. The van der Waals surface area contributed by atoms with Crippen molar-refractivity contribution in [2.24, 2.45) is 5.92 Å². The zero-order valence-electron chi connectivity index (χ0n) is 11.8. The Balaban J connectivity index is 2.33. The number of benzene rings is 1. The number of nitrogens with one attached hydrogen (secondary N) is 1. The fourth-order valence-electron chi connectivity index (χ4n) is 2.63. The molecule has 112 valence electrons. The van der Waals surface area contributed by atoms with E-state index in [4.69, 9.17) is 0 Å². The quantitative estimate of drug-likeness (QED) is 0.818. The van der Waals surface area contributed by atoms with E-state index >= 15 is 0 Å². The van der Waals surface area contributed by atoms with E-state index in [1.165, 1.54) is 18.0 Å². The molecule has 2 rings (SSSR count). The van der Waals surface area contributed by atoms with Crippen molar-refractivity contribution < 1.29 is 8.42 Å². The molecule has 1 fully saturated rings. The first-order valence-corrected chi connectivity index (χ1v) is 10.6. The van der Waals surface area contributed by atoms with E-state index in [1.54, 1.807) is 0 Å². The molecule has 0 saturated carbocycles. The molecule has 1 aromatic carbocycles. The van der Waals surface area contributed by atoms with Gasteiger partial charge in [0.25, 0.3) is 0 Å². The Morgan fingerprint density at radius 1 is 1.35 bits per heavy atom. The van der Waals surface area contributed by atoms with Crippen molar-refractivity contribution >= 4 is 37.5 Å². The summed E-state index contributed by atoms with van der Waals surface area (Å²) in [4.78, 5) is 1.25. The van der Waals surface area contributed by atoms with E-state index < -0.39 is 9.84 Å². The molecule has 0 atom stereocenters. The van der Waals surface area contributed by atoms with E-state index in [2.05, 4.69) is 27.3 Å². The molecule has 0 radical (unpaired) electrons. The first-order chi connectivity index (χ1) is 9.41. The van der Waals surface area contributed by atoms with Crippen molar-refractivity contribution in [3.63, 3.8) is 0 Å². The van der Waals surface area contributed by atoms with Gasteiger partial charge >= 0.3 is 0 Å². The lowest BCUT2D eigenvalue weighted by Gasteiger charge is -2.23. The Hall–Kier alpha value is -0.0400. The summed E-state index contributed by atoms with van der Waals surface area (Å²) in [5, 5.41) is 3.36. The van der Waals surface area contributed by atoms with Gasteiger partial charge in [-0.15, -0.1) is 11.8 Å². The van der Waals surface area contributed by atoms with Crippen molar-refractivity contribution in [3.8, 4) is 0 Å². The minimum Gasteiger partial charge on any atom is -0.317 e. The first kappa shape index (κ1) is 16.3. The molecular weight excluding hydrogens is 358 g/mol. The summed E-state index contributed by atoms with van der Waals surface area (Å²) in [6, 6.07) is 3.93. The van der Waals surface area contributed by atoms with Crippen LogP contribution in [-0.2, 0) is 16.3 Å². The molecule has 0 spiro atoms. The standard InChI is InChI=1S/C14H20BrNO2S2/c1-19-14-12(15)8-11(9-13(14)20(2,17)18)7-10-3-5-16-6-4-10/h8-10,16H,3-7H2,1-2H3. The maximum atomic E-state index is 12.0. The second-order valence-corrected chi connectivity index (χ2v) is 8.93. The van der Waals surface area contributed by atoms with Gasteiger partial charge in [-0.1, -0.05) is 0 Å². The number of piperidine rings is 1. The van der Waals surface area contributed by atoms with Gasteiger partial charge in [0.15, 0.2) is 9.84 Å². The van der Waals surface area contributed by atoms with Crippen molar-refractivity contribution in [2.75, 3.05) is 25.6 Å². The molecule has 0 aromatic heterocycles. The summed E-state index contributed by atoms with van der Waals surface area (Å²) in [6.45, 7) is 2.13. The van der Waals surface area contributed by atoms with Gasteiger partial charge in [-0.05, 0) is 78.2 Å². The van der Waals surface area contributed by atoms with Crippen molar-refractivity contribution in [3.05, 3.63) is 22.2 Å². The Bertz CT molecular complexity index is 581. The lowest BCUT2D eigenvalue weighted by Crippen LogP contribution is -2.28. The molecule has 1 heterocycles. The van der Waals surface area contributed by atoms with E-state index in [0.717, 1.165) is 47.3 Å². The van der Waals surface area contributed by atoms with Crippen LogP contribution in [0.1, 0.15) is 18.4 Å². The molecule has 0 amide bonds. The Kier molecular flexibility index (Phi) is 5.56. The van der Waals surface area contributed by atoms with Crippen LogP contribution in [0.3, 0.4) is 0 Å². The van der Waals surface area contributed by atoms with Gasteiger partial charge in [-0.2, -0.15) is 0 Å². The third-order valence-corrected chi connectivity index (χ3v) is 6.64. The van der Waals surface area contributed by atoms with Crippen LogP contribution < -0.4 is 5.32 Å². The Labute approximate surface area is 134 Å². The highest BCUT2D eigenvalue weighted by Crippen LogP contribution is 2.34. The lowest BCUT2D eigenvalue weighted by molar-refractivity contribution is 0.372. The average Bonchev–Trinajstić information content (AvgIpc) is 2.38. The van der Waals surface area contributed by atoms with Gasteiger partial charge in [0, 0.05) is 15.6 Å². The van der Waals surface area contributed by atoms with Crippen molar-refractivity contribution in [1.29, 1.82) is 0 Å². The SMILES string of the molecule is CSc1c(Br)cc(CC2CCNCC2)cc1S(C)(=O)=O. The van der Waals surface area contributed by atoms with E-state index in [-0.39, 0.29) is 0 Å². The second kappa shape index (κ2) is 6.81. The third-order valence-electron chi connectivity index (χ3n) is 3.66. The molecule has 20 heavy (non-hydrogen) atoms. The van der Waals surface area contributed by atoms with E-state index in [9.17, 15) is 8.42 Å². The highest BCUT2D eigenvalue weighted by Gasteiger charge is 2.19. The summed E-state index contributed by atoms with van der Waals surface area (Å²) in [6.07, 6.45) is 6.47. The minimum atomic E-state index is -3.19. The summed E-state index contributed by atoms with van der Waals surface area (Å²) < 4.78 is 24.8. The molecule has 1 N–H and O–H groups in total. The van der Waals surface area contributed by atoms with Gasteiger partial charge in [0.1, 0.15) is 0 Å². The number of hydrogen-bond donors (Lipinski definition) is 1. The number of rotatable bonds is 4. The maximum absolute atomic E-state index is 12.0. The van der Waals surface area contributed by atoms with Crippen LogP contribution in [0.15, 0.2) is 26.4 Å². The van der Waals surface area contributed by atoms with Crippen LogP contribution in [-0.4, -0.2) is 34.0 Å². The van der Waals surface area contributed by atoms with E-state index in [0.29, 0.717) is 10.8 Å². The highest BCUT2D eigenvalue weighted by atomic mass is 79.9. The fourth-order valence-corrected chi connectivity index (χ4v) is 5.79. The second-order valence-electron chi connectivity index (χ2n) is 5.28. The van der Waals surface area contributed by atoms with Crippen LogP contribution in [0.2, 0.25) is 0 Å². The first-order valence-electron chi connectivity index (χ1n) is 6.69. The van der Waals surface area contributed by atoms with Crippen LogP contribution in [0.4, 0.5) is 0 Å². The predicted molar refractivity (Wildman–Crippen MR) is 88.3 cm³/mol. The topological polar surface area (TPSA) is 46.2 Å². The zero-order valence-corrected chi connectivity index (χ0v) is 15.0. The summed E-state index contributed by atoms with van der Waals surface area (Å²) in [5.74, 6) is 0.649. The van der Waals surface area contributed by atoms with Crippen LogP contribution in [0.5, 0.6) is 0 Å². The normalized spacial score (nSPS) is 17.4. The molecule has 1 aliphatic heterocycles. The van der Waals surface area contributed by atoms with Gasteiger partial charge in [-0.25, -0.2) is 8.42 Å². The average molecular weight is 378 g/mol. The summed E-state index contributed by atoms with van der Waals surface area (Å²) >= 11 is 4.99. The maximum Gasteiger partial charge on any atom is 0.176 e. The molecule has 0 unspecified atom stereocenters. The number of hydrogen-bond acceptors (Lipinski definition) is 4. The van der Waals surface area contributed by atoms with Crippen LogP contribution in [0, 0.1) is 5.92 Å². The molecule has 1 aliphatic rings. The third kappa shape index (κ3) is 4.00. The highest BCUT2D eigenvalue weighted by molar-refractivity contribution is 9.10. The van der Waals surface area contributed by atoms with Gasteiger partial charge in [0.05, 0.1) is 4.90 Å². The molecule has 1 saturated heterocycles. The Morgan fingerprint density at radius 3 is 2.55 bits per heavy atom. The predicted octanol–water partition coefficient (Wildman–Crippen LogP) is 3.12. The van der Waals surface area contributed by atoms with Crippen molar-refractivity contribution in [1.82, 2.24) is 5.32 Å². The zero-order chi connectivity index (χ0) is 14.8. The van der Waals surface area contributed by atoms with Crippen molar-refractivity contribution in [2.45, 2.75) is 29.1 Å². The monoisotopic (exact) mass is 377 g/mol. The van der Waals surface area contributed by atoms with Crippen LogP contribution in [0.25, 0.3) is 0 Å². The molecule has 1 aromatic rings. The molecular formula is C14H20BrNO2S2. The Morgan fingerprint density at radius 2 is 2.00 bits per heavy atom. The number of thioether (sulfide) groups is 1. The summed E-state index contributed by atoms with van der Waals surface area (Å²) in [7, 11) is -3.19. The number of halogens is 1. The number of sulfone groups is 1. The van der Waals surface area contributed by atoms with E-state index in [1.807, 2.05) is 12.3 Å². The van der Waals surface area contributed by atoms with Gasteiger partial charge in [0.2, 0.25) is 0 Å². The van der Waals surface area contributed by atoms with Crippen LogP contribution >= 0.6 is 27.7 Å². The fraction of sp³-hybridized carbons (Fsp3) is 0.571.